The molecule has 94 valence electrons. The summed E-state index contributed by atoms with van der Waals surface area (Å²) in [6, 6.07) is 10.1. The molecule has 5 nitrogen and oxygen atoms in total. The van der Waals surface area contributed by atoms with Crippen LogP contribution in [0.15, 0.2) is 47.6 Å². The summed E-state index contributed by atoms with van der Waals surface area (Å²) in [6.45, 7) is 1.88. The van der Waals surface area contributed by atoms with Crippen molar-refractivity contribution in [3.8, 4) is 0 Å². The van der Waals surface area contributed by atoms with Gasteiger partial charge in [-0.05, 0) is 36.8 Å². The van der Waals surface area contributed by atoms with E-state index in [1.807, 2.05) is 13.0 Å². The van der Waals surface area contributed by atoms with Gasteiger partial charge >= 0.3 is 0 Å². The van der Waals surface area contributed by atoms with Gasteiger partial charge in [-0.15, -0.1) is 0 Å². The number of nitrogens with one attached hydrogen (secondary N) is 1. The van der Waals surface area contributed by atoms with Crippen LogP contribution in [0.4, 0.5) is 11.4 Å². The first kappa shape index (κ1) is 12.4. The Kier molecular flexibility index (Phi) is 3.20. The Balaban J connectivity index is 2.37. The average Bonchev–Trinajstić information content (AvgIpc) is 2.28. The number of nitrogen functional groups attached to an aromatic ring is 1. The number of nitrogens with two attached hydrogens (primary N) is 1. The van der Waals surface area contributed by atoms with Crippen molar-refractivity contribution in [3.05, 3.63) is 48.2 Å². The van der Waals surface area contributed by atoms with E-state index in [4.69, 9.17) is 5.73 Å². The Morgan fingerprint density at radius 1 is 1.22 bits per heavy atom. The summed E-state index contributed by atoms with van der Waals surface area (Å²) in [4.78, 5) is 3.79. The van der Waals surface area contributed by atoms with Crippen LogP contribution in [0.3, 0.4) is 0 Å². The number of nitrogens with zero attached hydrogens (tertiary/aromatic N) is 1. The number of anilines is 2. The van der Waals surface area contributed by atoms with E-state index in [9.17, 15) is 8.42 Å². The molecule has 0 fully saturated rings. The highest BCUT2D eigenvalue weighted by molar-refractivity contribution is 7.92. The predicted molar refractivity (Wildman–Crippen MR) is 70.6 cm³/mol. The van der Waals surface area contributed by atoms with Gasteiger partial charge in [0.2, 0.25) is 0 Å². The van der Waals surface area contributed by atoms with Gasteiger partial charge in [0, 0.05) is 11.9 Å². The molecule has 0 amide bonds. The summed E-state index contributed by atoms with van der Waals surface area (Å²) < 4.78 is 26.6. The van der Waals surface area contributed by atoms with E-state index in [2.05, 4.69) is 9.71 Å². The Morgan fingerprint density at radius 3 is 2.67 bits per heavy atom. The largest absolute Gasteiger partial charge is 0.396 e. The first-order valence-electron chi connectivity index (χ1n) is 5.29. The van der Waals surface area contributed by atoms with Gasteiger partial charge in [-0.2, -0.15) is 8.42 Å². The second-order valence-corrected chi connectivity index (χ2v) is 5.47. The molecule has 0 atom stereocenters. The summed E-state index contributed by atoms with van der Waals surface area (Å²) in [5.74, 6) is 0. The van der Waals surface area contributed by atoms with E-state index in [-0.39, 0.29) is 10.7 Å². The van der Waals surface area contributed by atoms with Gasteiger partial charge in [0.05, 0.1) is 5.69 Å². The van der Waals surface area contributed by atoms with Crippen molar-refractivity contribution in [1.29, 1.82) is 0 Å². The van der Waals surface area contributed by atoms with Gasteiger partial charge in [0.25, 0.3) is 10.0 Å². The smallest absolute Gasteiger partial charge is 0.281 e. The molecule has 0 radical (unpaired) electrons. The molecule has 2 rings (SSSR count). The standard InChI is InChI=1S/C12H13N3O2S/c1-9-4-2-5-10(8-9)15-18(16,17)12-11(13)6-3-7-14-12/h2-8,15H,13H2,1H3. The quantitative estimate of drug-likeness (QED) is 0.883. The van der Waals surface area contributed by atoms with Crippen LogP contribution < -0.4 is 10.5 Å². The molecule has 0 aliphatic carbocycles. The third-order valence-electron chi connectivity index (χ3n) is 2.33. The van der Waals surface area contributed by atoms with Crippen molar-refractivity contribution in [2.75, 3.05) is 10.5 Å². The molecule has 6 heteroatoms. The van der Waals surface area contributed by atoms with Gasteiger partial charge in [0.1, 0.15) is 0 Å². The molecule has 2 aromatic rings. The number of hydrogen-bond acceptors (Lipinski definition) is 4. The lowest BCUT2D eigenvalue weighted by Gasteiger charge is -2.09. The number of benzene rings is 1. The van der Waals surface area contributed by atoms with Gasteiger partial charge in [-0.3, -0.25) is 4.72 Å². The molecular formula is C12H13N3O2S. The molecule has 0 spiro atoms. The average molecular weight is 263 g/mol. The number of sulfonamides is 1. The Labute approximate surface area is 106 Å². The maximum Gasteiger partial charge on any atom is 0.281 e. The summed E-state index contributed by atoms with van der Waals surface area (Å²) >= 11 is 0. The number of hydrogen-bond donors (Lipinski definition) is 2. The highest BCUT2D eigenvalue weighted by Crippen LogP contribution is 2.19. The number of aromatic nitrogens is 1. The van der Waals surface area contributed by atoms with Crippen LogP contribution in [0.5, 0.6) is 0 Å². The van der Waals surface area contributed by atoms with Crippen LogP contribution in [-0.4, -0.2) is 13.4 Å². The molecule has 0 saturated heterocycles. The Hall–Kier alpha value is -2.08. The van der Waals surface area contributed by atoms with E-state index >= 15 is 0 Å². The van der Waals surface area contributed by atoms with Crippen molar-refractivity contribution in [2.24, 2.45) is 0 Å². The fourth-order valence-corrected chi connectivity index (χ4v) is 2.65. The molecule has 0 aliphatic rings. The first-order chi connectivity index (χ1) is 8.49. The van der Waals surface area contributed by atoms with Gasteiger partial charge < -0.3 is 5.73 Å². The number of aryl methyl sites for hydroxylation is 1. The lowest BCUT2D eigenvalue weighted by Crippen LogP contribution is -2.16. The maximum atomic E-state index is 12.1. The molecule has 1 aromatic carbocycles. The van der Waals surface area contributed by atoms with Crippen LogP contribution in [0.1, 0.15) is 5.56 Å². The van der Waals surface area contributed by atoms with Crippen molar-refractivity contribution >= 4 is 21.4 Å². The zero-order valence-corrected chi connectivity index (χ0v) is 10.6. The van der Waals surface area contributed by atoms with E-state index in [0.717, 1.165) is 5.56 Å². The summed E-state index contributed by atoms with van der Waals surface area (Å²) in [5, 5.41) is -0.161. The molecule has 0 saturated carbocycles. The first-order valence-corrected chi connectivity index (χ1v) is 6.77. The maximum absolute atomic E-state index is 12.1. The van der Waals surface area contributed by atoms with Gasteiger partial charge in [0.15, 0.2) is 5.03 Å². The highest BCUT2D eigenvalue weighted by Gasteiger charge is 2.18. The summed E-state index contributed by atoms with van der Waals surface area (Å²) in [6.07, 6.45) is 1.39. The molecule has 0 aliphatic heterocycles. The van der Waals surface area contributed by atoms with E-state index in [0.29, 0.717) is 5.69 Å². The second-order valence-electron chi connectivity index (χ2n) is 3.87. The third kappa shape index (κ3) is 2.60. The second kappa shape index (κ2) is 4.66. The Bertz CT molecular complexity index is 669. The molecule has 18 heavy (non-hydrogen) atoms. The molecule has 1 heterocycles. The Morgan fingerprint density at radius 2 is 2.00 bits per heavy atom. The van der Waals surface area contributed by atoms with Crippen LogP contribution in [0.2, 0.25) is 0 Å². The SMILES string of the molecule is Cc1cccc(NS(=O)(=O)c2ncccc2N)c1. The van der Waals surface area contributed by atoms with Crippen LogP contribution in [-0.2, 0) is 10.0 Å². The van der Waals surface area contributed by atoms with Crippen LogP contribution >= 0.6 is 0 Å². The molecule has 0 unspecified atom stereocenters. The monoisotopic (exact) mass is 263 g/mol. The fraction of sp³-hybridized carbons (Fsp3) is 0.0833. The van der Waals surface area contributed by atoms with Crippen LogP contribution in [0.25, 0.3) is 0 Å². The van der Waals surface area contributed by atoms with Crippen molar-refractivity contribution in [3.63, 3.8) is 0 Å². The topological polar surface area (TPSA) is 85.1 Å². The molecule has 1 aromatic heterocycles. The zero-order chi connectivity index (χ0) is 13.2. The van der Waals surface area contributed by atoms with E-state index in [1.165, 1.54) is 12.3 Å². The normalized spacial score (nSPS) is 11.2. The molecule has 0 bridgehead atoms. The van der Waals surface area contributed by atoms with Gasteiger partial charge in [-0.25, -0.2) is 4.98 Å². The van der Waals surface area contributed by atoms with E-state index in [1.54, 1.807) is 24.3 Å². The fourth-order valence-electron chi connectivity index (χ4n) is 1.54. The number of pyridine rings is 1. The zero-order valence-electron chi connectivity index (χ0n) is 9.79. The molecular weight excluding hydrogens is 250 g/mol. The minimum absolute atomic E-state index is 0.123. The lowest BCUT2D eigenvalue weighted by molar-refractivity contribution is 0.598. The number of rotatable bonds is 3. The van der Waals surface area contributed by atoms with Crippen molar-refractivity contribution in [1.82, 2.24) is 4.98 Å². The summed E-state index contributed by atoms with van der Waals surface area (Å²) in [5.41, 5.74) is 7.18. The molecule has 3 N–H and O–H groups in total. The van der Waals surface area contributed by atoms with E-state index < -0.39 is 10.0 Å². The third-order valence-corrected chi connectivity index (χ3v) is 3.68. The van der Waals surface area contributed by atoms with Crippen molar-refractivity contribution in [2.45, 2.75) is 11.9 Å². The summed E-state index contributed by atoms with van der Waals surface area (Å²) in [7, 11) is -3.75. The highest BCUT2D eigenvalue weighted by atomic mass is 32.2. The minimum atomic E-state index is -3.75. The minimum Gasteiger partial charge on any atom is -0.396 e. The van der Waals surface area contributed by atoms with Gasteiger partial charge in [-0.1, -0.05) is 12.1 Å². The van der Waals surface area contributed by atoms with Crippen molar-refractivity contribution < 1.29 is 8.42 Å². The predicted octanol–water partition coefficient (Wildman–Crippen LogP) is 1.77. The van der Waals surface area contributed by atoms with Crippen LogP contribution in [0, 0.1) is 6.92 Å². The lowest BCUT2D eigenvalue weighted by atomic mass is 10.2.